The third-order valence-electron chi connectivity index (χ3n) is 7.60. The normalized spacial score (nSPS) is 14.5. The molecule has 0 spiro atoms. The maximum absolute atomic E-state index is 2.47. The zero-order valence-electron chi connectivity index (χ0n) is 18.9. The van der Waals surface area contributed by atoms with Gasteiger partial charge < -0.3 is 0 Å². The molecular formula is C33H24. The summed E-state index contributed by atoms with van der Waals surface area (Å²) in [5.74, 6) is 0. The van der Waals surface area contributed by atoms with Gasteiger partial charge in [-0.15, -0.1) is 0 Å². The molecule has 33 heavy (non-hydrogen) atoms. The fourth-order valence-corrected chi connectivity index (χ4v) is 5.98. The van der Waals surface area contributed by atoms with Gasteiger partial charge >= 0.3 is 0 Å². The van der Waals surface area contributed by atoms with Crippen molar-refractivity contribution in [2.45, 2.75) is 19.3 Å². The summed E-state index contributed by atoms with van der Waals surface area (Å²) in [6, 6.07) is 35.8. The predicted octanol–water partition coefficient (Wildman–Crippen LogP) is 6.40. The Hall–Kier alpha value is -3.90. The van der Waals surface area contributed by atoms with Crippen molar-refractivity contribution in [1.29, 1.82) is 0 Å². The Kier molecular flexibility index (Phi) is 3.71. The molecular weight excluding hydrogens is 396 g/mol. The molecule has 2 aliphatic rings. The second-order valence-electron chi connectivity index (χ2n) is 9.82. The van der Waals surface area contributed by atoms with E-state index in [0.717, 1.165) is 0 Å². The van der Waals surface area contributed by atoms with E-state index in [1.807, 2.05) is 0 Å². The lowest BCUT2D eigenvalue weighted by Crippen LogP contribution is -2.31. The fourth-order valence-electron chi connectivity index (χ4n) is 5.98. The monoisotopic (exact) mass is 420 g/mol. The molecule has 0 bridgehead atoms. The van der Waals surface area contributed by atoms with E-state index >= 15 is 0 Å². The number of hydrogen-bond donors (Lipinski definition) is 0. The van der Waals surface area contributed by atoms with Gasteiger partial charge in [0, 0.05) is 5.41 Å². The van der Waals surface area contributed by atoms with Crippen LogP contribution >= 0.6 is 0 Å². The van der Waals surface area contributed by atoms with Crippen LogP contribution in [0.25, 0.3) is 34.1 Å². The highest BCUT2D eigenvalue weighted by Crippen LogP contribution is 2.36. The lowest BCUT2D eigenvalue weighted by molar-refractivity contribution is 0.629. The molecule has 0 saturated carbocycles. The van der Waals surface area contributed by atoms with Crippen LogP contribution in [0.4, 0.5) is 0 Å². The minimum Gasteiger partial charge on any atom is -0.0619 e. The number of hydrogen-bond acceptors (Lipinski definition) is 0. The van der Waals surface area contributed by atoms with E-state index in [-0.39, 0.29) is 5.41 Å². The molecule has 0 fully saturated rings. The summed E-state index contributed by atoms with van der Waals surface area (Å²) in [7, 11) is 0. The molecule has 0 amide bonds. The van der Waals surface area contributed by atoms with Gasteiger partial charge in [0.15, 0.2) is 0 Å². The van der Waals surface area contributed by atoms with Gasteiger partial charge in [-0.25, -0.2) is 0 Å². The van der Waals surface area contributed by atoms with Crippen LogP contribution in [0.15, 0.2) is 97.1 Å². The van der Waals surface area contributed by atoms with Gasteiger partial charge in [-0.05, 0) is 89.3 Å². The molecule has 0 unspecified atom stereocenters. The summed E-state index contributed by atoms with van der Waals surface area (Å²) in [6.45, 7) is 4.72. The summed E-state index contributed by atoms with van der Waals surface area (Å²) in [4.78, 5) is 0. The van der Waals surface area contributed by atoms with E-state index in [1.54, 1.807) is 0 Å². The Morgan fingerprint density at radius 1 is 0.545 bits per heavy atom. The third kappa shape index (κ3) is 2.58. The van der Waals surface area contributed by atoms with Crippen LogP contribution in [0, 0.1) is 10.4 Å². The van der Waals surface area contributed by atoms with Crippen LogP contribution in [0.2, 0.25) is 0 Å². The van der Waals surface area contributed by atoms with Crippen LogP contribution in [-0.2, 0) is 5.41 Å². The molecule has 0 aromatic heterocycles. The molecule has 0 nitrogen and oxygen atoms in total. The maximum atomic E-state index is 2.47. The standard InChI is InChI=1S/C33H24/c1-33(2)30-16-6-4-10-22(30)17-25-19-24-18-23-12-8-15-28(32(23)29(24)20-31(25)33)27-14-7-11-21-9-3-5-13-26(21)27/h3-20H,1-2H3. The SMILES string of the molecule is CC1(C)c2ccccc2C=c2cc3c(cc21)=c1c(-c2cccc4ccccc24)cccc1=C3. The van der Waals surface area contributed by atoms with Gasteiger partial charge in [-0.2, -0.15) is 0 Å². The molecule has 7 rings (SSSR count). The van der Waals surface area contributed by atoms with Crippen LogP contribution < -0.4 is 10.4 Å². The van der Waals surface area contributed by atoms with E-state index < -0.39 is 0 Å². The van der Waals surface area contributed by atoms with Gasteiger partial charge in [0.1, 0.15) is 0 Å². The van der Waals surface area contributed by atoms with Gasteiger partial charge in [-0.1, -0.05) is 98.8 Å². The topological polar surface area (TPSA) is 0 Å². The summed E-state index contributed by atoms with van der Waals surface area (Å²) in [6.07, 6.45) is 4.72. The highest BCUT2D eigenvalue weighted by atomic mass is 14.3. The lowest BCUT2D eigenvalue weighted by Gasteiger charge is -2.32. The molecule has 0 N–H and O–H groups in total. The molecule has 0 heterocycles. The second kappa shape index (κ2) is 6.56. The second-order valence-corrected chi connectivity index (χ2v) is 9.82. The maximum Gasteiger partial charge on any atom is 0.0158 e. The van der Waals surface area contributed by atoms with Crippen LogP contribution in [0.5, 0.6) is 0 Å². The van der Waals surface area contributed by atoms with Crippen molar-refractivity contribution in [3.05, 3.63) is 140 Å². The van der Waals surface area contributed by atoms with E-state index in [2.05, 4.69) is 123 Å². The Morgan fingerprint density at radius 2 is 1.27 bits per heavy atom. The van der Waals surface area contributed by atoms with Crippen molar-refractivity contribution in [3.8, 4) is 11.1 Å². The first-order chi connectivity index (χ1) is 16.1. The fraction of sp³-hybridized carbons (Fsp3) is 0.0909. The molecule has 5 aromatic rings. The predicted molar refractivity (Wildman–Crippen MR) is 138 cm³/mol. The lowest BCUT2D eigenvalue weighted by atomic mass is 9.72. The zero-order valence-corrected chi connectivity index (χ0v) is 18.9. The van der Waals surface area contributed by atoms with Crippen molar-refractivity contribution in [3.63, 3.8) is 0 Å². The number of benzene rings is 5. The molecule has 0 aliphatic heterocycles. The molecule has 5 aromatic carbocycles. The van der Waals surface area contributed by atoms with Crippen molar-refractivity contribution in [1.82, 2.24) is 0 Å². The minimum atomic E-state index is -0.0349. The largest absolute Gasteiger partial charge is 0.0619 e. The van der Waals surface area contributed by atoms with Crippen LogP contribution in [0.3, 0.4) is 0 Å². The Bertz CT molecular complexity index is 1830. The Morgan fingerprint density at radius 3 is 2.21 bits per heavy atom. The summed E-state index contributed by atoms with van der Waals surface area (Å²) in [5, 5.41) is 7.96. The van der Waals surface area contributed by atoms with E-state index in [1.165, 1.54) is 65.0 Å². The van der Waals surface area contributed by atoms with Gasteiger partial charge in [-0.3, -0.25) is 0 Å². The molecule has 2 aliphatic carbocycles. The summed E-state index contributed by atoms with van der Waals surface area (Å²) < 4.78 is 0. The first-order valence-electron chi connectivity index (χ1n) is 11.7. The average molecular weight is 421 g/mol. The van der Waals surface area contributed by atoms with Gasteiger partial charge in [0.2, 0.25) is 0 Å². The van der Waals surface area contributed by atoms with Crippen LogP contribution in [0.1, 0.15) is 36.1 Å². The Labute approximate surface area is 193 Å². The van der Waals surface area contributed by atoms with Crippen molar-refractivity contribution in [2.75, 3.05) is 0 Å². The molecule has 0 heteroatoms. The minimum absolute atomic E-state index is 0.0349. The van der Waals surface area contributed by atoms with Crippen molar-refractivity contribution < 1.29 is 0 Å². The van der Waals surface area contributed by atoms with E-state index in [0.29, 0.717) is 0 Å². The van der Waals surface area contributed by atoms with Gasteiger partial charge in [0.05, 0.1) is 0 Å². The molecule has 0 atom stereocenters. The molecule has 0 saturated heterocycles. The number of fused-ring (bicyclic) bond motifs is 5. The first-order valence-corrected chi connectivity index (χ1v) is 11.7. The van der Waals surface area contributed by atoms with E-state index in [9.17, 15) is 0 Å². The summed E-state index contributed by atoms with van der Waals surface area (Å²) >= 11 is 0. The van der Waals surface area contributed by atoms with Crippen molar-refractivity contribution >= 4 is 22.9 Å². The highest BCUT2D eigenvalue weighted by molar-refractivity contribution is 5.97. The van der Waals surface area contributed by atoms with Crippen LogP contribution in [-0.4, -0.2) is 0 Å². The van der Waals surface area contributed by atoms with Gasteiger partial charge in [0.25, 0.3) is 0 Å². The number of rotatable bonds is 1. The third-order valence-corrected chi connectivity index (χ3v) is 7.60. The molecule has 156 valence electrons. The highest BCUT2D eigenvalue weighted by Gasteiger charge is 2.29. The van der Waals surface area contributed by atoms with Crippen molar-refractivity contribution in [2.24, 2.45) is 0 Å². The quantitative estimate of drug-likeness (QED) is 0.289. The first kappa shape index (κ1) is 18.7. The smallest absolute Gasteiger partial charge is 0.0158 e. The van der Waals surface area contributed by atoms with E-state index in [4.69, 9.17) is 0 Å². The Balaban J connectivity index is 1.62. The zero-order chi connectivity index (χ0) is 22.2. The molecule has 0 radical (unpaired) electrons. The summed E-state index contributed by atoms with van der Waals surface area (Å²) in [5.41, 5.74) is 8.06. The average Bonchev–Trinajstić information content (AvgIpc) is 3.20.